The quantitative estimate of drug-likeness (QED) is 0.483. The Morgan fingerprint density at radius 3 is 2.34 bits per heavy atom. The van der Waals surface area contributed by atoms with Crippen LogP contribution in [0, 0.1) is 13.8 Å². The Bertz CT molecular complexity index is 1000. The maximum Gasteiger partial charge on any atom is 0.271 e. The van der Waals surface area contributed by atoms with Gasteiger partial charge in [0.05, 0.1) is 19.9 Å². The summed E-state index contributed by atoms with van der Waals surface area (Å²) in [4.78, 5) is 12.2. The van der Waals surface area contributed by atoms with Gasteiger partial charge in [-0.2, -0.15) is 5.10 Å². The van der Waals surface area contributed by atoms with Crippen LogP contribution >= 0.6 is 0 Å². The van der Waals surface area contributed by atoms with E-state index in [-0.39, 0.29) is 5.91 Å². The number of hydrogen-bond donors (Lipinski definition) is 1. The van der Waals surface area contributed by atoms with Gasteiger partial charge in [-0.1, -0.05) is 0 Å². The lowest BCUT2D eigenvalue weighted by molar-refractivity contribution is 0.0955. The fraction of sp³-hybridized carbons (Fsp3) is 0.217. The average Bonchev–Trinajstić information content (AvgIpc) is 3.02. The van der Waals surface area contributed by atoms with Gasteiger partial charge in [-0.05, 0) is 75.4 Å². The lowest BCUT2D eigenvalue weighted by atomic mass is 10.2. The molecule has 0 radical (unpaired) electrons. The van der Waals surface area contributed by atoms with Crippen molar-refractivity contribution in [3.05, 3.63) is 77.1 Å². The van der Waals surface area contributed by atoms with Crippen molar-refractivity contribution in [2.75, 3.05) is 13.7 Å². The van der Waals surface area contributed by atoms with Crippen molar-refractivity contribution in [2.45, 2.75) is 20.8 Å². The molecule has 1 aromatic heterocycles. The van der Waals surface area contributed by atoms with E-state index in [1.807, 2.05) is 51.1 Å². The van der Waals surface area contributed by atoms with E-state index in [2.05, 4.69) is 15.1 Å². The molecule has 0 saturated heterocycles. The van der Waals surface area contributed by atoms with Gasteiger partial charge in [0.15, 0.2) is 0 Å². The molecular formula is C23H25N3O3. The molecule has 6 nitrogen and oxygen atoms in total. The Hall–Kier alpha value is -3.54. The van der Waals surface area contributed by atoms with Crippen LogP contribution in [0.5, 0.6) is 11.5 Å². The first-order valence-electron chi connectivity index (χ1n) is 9.43. The first-order chi connectivity index (χ1) is 14.0. The molecule has 0 unspecified atom stereocenters. The van der Waals surface area contributed by atoms with Gasteiger partial charge in [0, 0.05) is 28.2 Å². The molecule has 0 saturated carbocycles. The van der Waals surface area contributed by atoms with Crippen LogP contribution in [0.4, 0.5) is 0 Å². The van der Waals surface area contributed by atoms with Crippen LogP contribution in [-0.4, -0.2) is 30.4 Å². The second-order valence-electron chi connectivity index (χ2n) is 6.52. The third-order valence-corrected chi connectivity index (χ3v) is 4.60. The monoisotopic (exact) mass is 391 g/mol. The normalized spacial score (nSPS) is 10.9. The van der Waals surface area contributed by atoms with Crippen LogP contribution in [0.15, 0.2) is 59.7 Å². The first-order valence-corrected chi connectivity index (χ1v) is 9.43. The first kappa shape index (κ1) is 20.2. The highest BCUT2D eigenvalue weighted by Gasteiger charge is 2.10. The van der Waals surface area contributed by atoms with Crippen LogP contribution in [0.25, 0.3) is 5.69 Å². The van der Waals surface area contributed by atoms with Gasteiger partial charge in [-0.25, -0.2) is 5.43 Å². The summed E-state index contributed by atoms with van der Waals surface area (Å²) in [6, 6.07) is 16.9. The van der Waals surface area contributed by atoms with Gasteiger partial charge in [0.2, 0.25) is 0 Å². The zero-order chi connectivity index (χ0) is 20.8. The molecule has 1 amide bonds. The molecule has 0 spiro atoms. The van der Waals surface area contributed by atoms with Crippen LogP contribution < -0.4 is 14.9 Å². The number of nitrogens with one attached hydrogen (secondary N) is 1. The van der Waals surface area contributed by atoms with E-state index in [0.717, 1.165) is 28.4 Å². The molecule has 1 N–H and O–H groups in total. The standard InChI is InChI=1S/C23H25N3O3/c1-5-29-22-12-8-20(9-13-22)26-16(2)14-19(17(26)3)15-24-25-23(27)18-6-10-21(28-4)11-7-18/h6-15H,5H2,1-4H3,(H,25,27)/b24-15-. The van der Waals surface area contributed by atoms with Gasteiger partial charge in [0.25, 0.3) is 5.91 Å². The Labute approximate surface area is 170 Å². The minimum Gasteiger partial charge on any atom is -0.497 e. The predicted molar refractivity (Wildman–Crippen MR) is 114 cm³/mol. The largest absolute Gasteiger partial charge is 0.497 e. The summed E-state index contributed by atoms with van der Waals surface area (Å²) in [6.07, 6.45) is 1.66. The minimum atomic E-state index is -0.274. The zero-order valence-corrected chi connectivity index (χ0v) is 17.1. The number of benzene rings is 2. The molecule has 0 aliphatic carbocycles. The molecule has 150 valence electrons. The number of carbonyl (C=O) groups is 1. The summed E-state index contributed by atoms with van der Waals surface area (Å²) in [7, 11) is 1.59. The van der Waals surface area contributed by atoms with Crippen LogP contribution in [0.2, 0.25) is 0 Å². The number of hydrazone groups is 1. The highest BCUT2D eigenvalue weighted by molar-refractivity contribution is 5.95. The molecule has 0 aliphatic rings. The summed E-state index contributed by atoms with van der Waals surface area (Å²) in [6.45, 7) is 6.67. The molecule has 2 aromatic carbocycles. The molecular weight excluding hydrogens is 366 g/mol. The molecule has 3 aromatic rings. The van der Waals surface area contributed by atoms with Gasteiger partial charge in [0.1, 0.15) is 11.5 Å². The van der Waals surface area contributed by atoms with E-state index < -0.39 is 0 Å². The highest BCUT2D eigenvalue weighted by Crippen LogP contribution is 2.22. The zero-order valence-electron chi connectivity index (χ0n) is 17.1. The number of amides is 1. The summed E-state index contributed by atoms with van der Waals surface area (Å²) in [5.74, 6) is 1.28. The van der Waals surface area contributed by atoms with Crippen LogP contribution in [0.1, 0.15) is 34.2 Å². The Balaban J connectivity index is 1.72. The number of nitrogens with zero attached hydrogens (tertiary/aromatic N) is 2. The molecule has 0 aliphatic heterocycles. The van der Waals surface area contributed by atoms with Crippen molar-refractivity contribution in [3.8, 4) is 17.2 Å². The van der Waals surface area contributed by atoms with Crippen LogP contribution in [-0.2, 0) is 0 Å². The molecule has 29 heavy (non-hydrogen) atoms. The number of methoxy groups -OCH3 is 1. The summed E-state index contributed by atoms with van der Waals surface area (Å²) in [5.41, 5.74) is 7.18. The van der Waals surface area contributed by atoms with E-state index >= 15 is 0 Å². The van der Waals surface area contributed by atoms with Gasteiger partial charge < -0.3 is 14.0 Å². The summed E-state index contributed by atoms with van der Waals surface area (Å²) in [5, 5.41) is 4.12. The number of hydrogen-bond acceptors (Lipinski definition) is 4. The molecule has 0 bridgehead atoms. The van der Waals surface area contributed by atoms with Crippen molar-refractivity contribution in [1.29, 1.82) is 0 Å². The van der Waals surface area contributed by atoms with Crippen molar-refractivity contribution in [1.82, 2.24) is 9.99 Å². The molecule has 0 atom stereocenters. The Morgan fingerprint density at radius 2 is 1.72 bits per heavy atom. The van der Waals surface area contributed by atoms with Gasteiger partial charge >= 0.3 is 0 Å². The lowest BCUT2D eigenvalue weighted by Crippen LogP contribution is -2.17. The molecule has 6 heteroatoms. The minimum absolute atomic E-state index is 0.274. The number of aryl methyl sites for hydroxylation is 1. The fourth-order valence-corrected chi connectivity index (χ4v) is 3.14. The highest BCUT2D eigenvalue weighted by atomic mass is 16.5. The third kappa shape index (κ3) is 4.66. The van der Waals surface area contributed by atoms with Crippen molar-refractivity contribution < 1.29 is 14.3 Å². The second-order valence-corrected chi connectivity index (χ2v) is 6.52. The van der Waals surface area contributed by atoms with E-state index in [9.17, 15) is 4.79 Å². The van der Waals surface area contributed by atoms with E-state index in [4.69, 9.17) is 9.47 Å². The van der Waals surface area contributed by atoms with E-state index in [1.54, 1.807) is 37.6 Å². The van der Waals surface area contributed by atoms with Gasteiger partial charge in [-0.3, -0.25) is 4.79 Å². The number of carbonyl (C=O) groups excluding carboxylic acids is 1. The molecule has 0 fully saturated rings. The summed E-state index contributed by atoms with van der Waals surface area (Å²) < 4.78 is 12.7. The van der Waals surface area contributed by atoms with Crippen LogP contribution in [0.3, 0.4) is 0 Å². The average molecular weight is 391 g/mol. The van der Waals surface area contributed by atoms with E-state index in [1.165, 1.54) is 0 Å². The Morgan fingerprint density at radius 1 is 1.07 bits per heavy atom. The molecule has 1 heterocycles. The Kier molecular flexibility index (Phi) is 6.34. The number of aromatic nitrogens is 1. The smallest absolute Gasteiger partial charge is 0.271 e. The number of ether oxygens (including phenoxy) is 2. The lowest BCUT2D eigenvalue weighted by Gasteiger charge is -2.10. The van der Waals surface area contributed by atoms with Crippen molar-refractivity contribution in [3.63, 3.8) is 0 Å². The van der Waals surface area contributed by atoms with Gasteiger partial charge in [-0.15, -0.1) is 0 Å². The maximum absolute atomic E-state index is 12.2. The van der Waals surface area contributed by atoms with Crippen molar-refractivity contribution in [2.24, 2.45) is 5.10 Å². The predicted octanol–water partition coefficient (Wildman–Crippen LogP) is 4.27. The topological polar surface area (TPSA) is 64.8 Å². The fourth-order valence-electron chi connectivity index (χ4n) is 3.14. The molecule has 3 rings (SSSR count). The third-order valence-electron chi connectivity index (χ3n) is 4.60. The number of rotatable bonds is 7. The summed E-state index contributed by atoms with van der Waals surface area (Å²) >= 11 is 0. The second kappa shape index (κ2) is 9.10. The maximum atomic E-state index is 12.2. The SMILES string of the molecule is CCOc1ccc(-n2c(C)cc(/C=N\NC(=O)c3ccc(OC)cc3)c2C)cc1. The van der Waals surface area contributed by atoms with E-state index in [0.29, 0.717) is 17.9 Å². The van der Waals surface area contributed by atoms with Crippen molar-refractivity contribution >= 4 is 12.1 Å².